The molecule has 0 bridgehead atoms. The number of hydrogen-bond acceptors (Lipinski definition) is 4. The van der Waals surface area contributed by atoms with Crippen LogP contribution in [0.25, 0.3) is 0 Å². The van der Waals surface area contributed by atoms with E-state index in [4.69, 9.17) is 10.00 Å². The predicted octanol–water partition coefficient (Wildman–Crippen LogP) is 4.19. The summed E-state index contributed by atoms with van der Waals surface area (Å²) < 4.78 is 71.5. The van der Waals surface area contributed by atoms with Gasteiger partial charge in [0.15, 0.2) is 9.84 Å². The van der Waals surface area contributed by atoms with Gasteiger partial charge in [-0.15, -0.1) is 0 Å². The predicted molar refractivity (Wildman–Crippen MR) is 87.8 cm³/mol. The topological polar surface area (TPSA) is 67.2 Å². The number of hydrogen-bond donors (Lipinski definition) is 0. The SMILES string of the molecule is C[C@H]1c2c(S(C)(=O)=O)ccc(Oc3cc(F)cc(C#N)c3)c2CC1(F)F. The molecular weight excluding hydrogens is 367 g/mol. The molecule has 0 heterocycles. The van der Waals surface area contributed by atoms with Crippen LogP contribution in [0.15, 0.2) is 35.2 Å². The van der Waals surface area contributed by atoms with Crippen molar-refractivity contribution in [1.29, 1.82) is 5.26 Å². The number of nitriles is 1. The Hall–Kier alpha value is -2.53. The second-order valence-electron chi connectivity index (χ2n) is 6.28. The van der Waals surface area contributed by atoms with E-state index in [2.05, 4.69) is 0 Å². The molecule has 3 rings (SSSR count). The van der Waals surface area contributed by atoms with E-state index in [1.165, 1.54) is 25.1 Å². The summed E-state index contributed by atoms with van der Waals surface area (Å²) in [5.41, 5.74) is 0.114. The average Bonchev–Trinajstić information content (AvgIpc) is 2.77. The van der Waals surface area contributed by atoms with Crippen LogP contribution in [-0.2, 0) is 16.3 Å². The standard InChI is InChI=1S/C18H14F3NO3S/c1-10-17-14(8-18(10,20)21)15(3-4-16(17)26(2,23)24)25-13-6-11(9-22)5-12(19)7-13/h3-7,10H,8H2,1-2H3/t10-/m0/s1. The molecule has 4 nitrogen and oxygen atoms in total. The van der Waals surface area contributed by atoms with Gasteiger partial charge in [-0.3, -0.25) is 0 Å². The number of benzene rings is 2. The zero-order valence-corrected chi connectivity index (χ0v) is 14.7. The lowest BCUT2D eigenvalue weighted by Gasteiger charge is -2.16. The molecule has 2 aromatic rings. The molecule has 8 heteroatoms. The van der Waals surface area contributed by atoms with Crippen molar-refractivity contribution >= 4 is 9.84 Å². The molecule has 1 atom stereocenters. The molecule has 1 aliphatic carbocycles. The van der Waals surface area contributed by atoms with Crippen molar-refractivity contribution < 1.29 is 26.3 Å². The highest BCUT2D eigenvalue weighted by Crippen LogP contribution is 2.50. The zero-order valence-electron chi connectivity index (χ0n) is 13.9. The fraction of sp³-hybridized carbons (Fsp3) is 0.278. The number of fused-ring (bicyclic) bond motifs is 1. The minimum absolute atomic E-state index is 0.0168. The Labute approximate surface area is 148 Å². The second-order valence-corrected chi connectivity index (χ2v) is 8.26. The van der Waals surface area contributed by atoms with Crippen molar-refractivity contribution in [2.24, 2.45) is 0 Å². The van der Waals surface area contributed by atoms with Gasteiger partial charge in [-0.2, -0.15) is 5.26 Å². The Morgan fingerprint density at radius 2 is 1.96 bits per heavy atom. The highest BCUT2D eigenvalue weighted by molar-refractivity contribution is 7.90. The van der Waals surface area contributed by atoms with Crippen molar-refractivity contribution in [3.05, 3.63) is 52.8 Å². The molecule has 0 saturated heterocycles. The summed E-state index contributed by atoms with van der Waals surface area (Å²) in [4.78, 5) is -0.165. The van der Waals surface area contributed by atoms with Crippen LogP contribution in [0.4, 0.5) is 13.2 Å². The van der Waals surface area contributed by atoms with E-state index >= 15 is 0 Å². The third-order valence-corrected chi connectivity index (χ3v) is 5.54. The third kappa shape index (κ3) is 3.15. The molecule has 0 aromatic heterocycles. The molecule has 0 aliphatic heterocycles. The maximum atomic E-state index is 14.2. The summed E-state index contributed by atoms with van der Waals surface area (Å²) >= 11 is 0. The molecule has 1 aliphatic rings. The van der Waals surface area contributed by atoms with Crippen molar-refractivity contribution in [1.82, 2.24) is 0 Å². The first-order valence-electron chi connectivity index (χ1n) is 7.65. The average molecular weight is 381 g/mol. The number of alkyl halides is 2. The largest absolute Gasteiger partial charge is 0.457 e. The van der Waals surface area contributed by atoms with Crippen LogP contribution in [0.5, 0.6) is 11.5 Å². The van der Waals surface area contributed by atoms with E-state index in [-0.39, 0.29) is 33.1 Å². The van der Waals surface area contributed by atoms with E-state index in [0.29, 0.717) is 0 Å². The molecule has 0 radical (unpaired) electrons. The van der Waals surface area contributed by atoms with Crippen LogP contribution in [0, 0.1) is 17.1 Å². The first kappa shape index (κ1) is 18.3. The zero-order chi connectivity index (χ0) is 19.3. The van der Waals surface area contributed by atoms with Crippen LogP contribution >= 0.6 is 0 Å². The second kappa shape index (κ2) is 6.02. The van der Waals surface area contributed by atoms with Gasteiger partial charge in [-0.1, -0.05) is 6.92 Å². The fourth-order valence-electron chi connectivity index (χ4n) is 3.11. The van der Waals surface area contributed by atoms with Crippen LogP contribution in [0.2, 0.25) is 0 Å². The summed E-state index contributed by atoms with van der Waals surface area (Å²) in [5, 5.41) is 8.90. The van der Waals surface area contributed by atoms with Gasteiger partial charge in [0.2, 0.25) is 0 Å². The molecule has 0 saturated carbocycles. The third-order valence-electron chi connectivity index (χ3n) is 4.38. The summed E-state index contributed by atoms with van der Waals surface area (Å²) in [6, 6.07) is 7.58. The van der Waals surface area contributed by atoms with Crippen LogP contribution in [0.3, 0.4) is 0 Å². The van der Waals surface area contributed by atoms with Gasteiger partial charge < -0.3 is 4.74 Å². The van der Waals surface area contributed by atoms with Gasteiger partial charge >= 0.3 is 0 Å². The lowest BCUT2D eigenvalue weighted by Crippen LogP contribution is -2.20. The summed E-state index contributed by atoms with van der Waals surface area (Å²) in [6.07, 6.45) is 0.278. The van der Waals surface area contributed by atoms with Crippen LogP contribution in [-0.4, -0.2) is 20.6 Å². The Morgan fingerprint density at radius 3 is 2.58 bits per heavy atom. The molecule has 26 heavy (non-hydrogen) atoms. The van der Waals surface area contributed by atoms with E-state index in [1.807, 2.05) is 0 Å². The van der Waals surface area contributed by atoms with Gasteiger partial charge in [0.1, 0.15) is 17.3 Å². The Morgan fingerprint density at radius 1 is 1.27 bits per heavy atom. The highest BCUT2D eigenvalue weighted by atomic mass is 32.2. The van der Waals surface area contributed by atoms with Crippen molar-refractivity contribution in [3.8, 4) is 17.6 Å². The fourth-order valence-corrected chi connectivity index (χ4v) is 4.13. The van der Waals surface area contributed by atoms with Gasteiger partial charge in [-0.25, -0.2) is 21.6 Å². The Kier molecular flexibility index (Phi) is 4.23. The molecule has 0 amide bonds. The quantitative estimate of drug-likeness (QED) is 0.800. The minimum atomic E-state index is -3.71. The number of rotatable bonds is 3. The van der Waals surface area contributed by atoms with Gasteiger partial charge in [0.05, 0.1) is 16.5 Å². The normalized spacial score (nSPS) is 18.2. The first-order chi connectivity index (χ1) is 12.0. The maximum Gasteiger partial charge on any atom is 0.258 e. The molecule has 0 spiro atoms. The monoisotopic (exact) mass is 381 g/mol. The van der Waals surface area contributed by atoms with E-state index in [0.717, 1.165) is 18.4 Å². The summed E-state index contributed by atoms with van der Waals surface area (Å²) in [5.74, 6) is -5.14. The lowest BCUT2D eigenvalue weighted by atomic mass is 10.0. The summed E-state index contributed by atoms with van der Waals surface area (Å²) in [6.45, 7) is 1.26. The Balaban J connectivity index is 2.15. The first-order valence-corrected chi connectivity index (χ1v) is 9.54. The van der Waals surface area contributed by atoms with Crippen molar-refractivity contribution in [2.45, 2.75) is 30.1 Å². The number of halogens is 3. The molecule has 2 aromatic carbocycles. The number of nitrogens with zero attached hydrogens (tertiary/aromatic N) is 1. The van der Waals surface area contributed by atoms with Crippen LogP contribution < -0.4 is 4.74 Å². The van der Waals surface area contributed by atoms with Gasteiger partial charge in [-0.05, 0) is 29.8 Å². The summed E-state index contributed by atoms with van der Waals surface area (Å²) in [7, 11) is -3.71. The van der Waals surface area contributed by atoms with Crippen LogP contribution in [0.1, 0.15) is 29.5 Å². The van der Waals surface area contributed by atoms with E-state index in [9.17, 15) is 21.6 Å². The van der Waals surface area contributed by atoms with Crippen molar-refractivity contribution in [3.63, 3.8) is 0 Å². The van der Waals surface area contributed by atoms with E-state index in [1.54, 1.807) is 6.07 Å². The molecule has 0 N–H and O–H groups in total. The van der Waals surface area contributed by atoms with E-state index < -0.39 is 33.9 Å². The molecule has 0 unspecified atom stereocenters. The minimum Gasteiger partial charge on any atom is -0.457 e. The van der Waals surface area contributed by atoms with Gasteiger partial charge in [0.25, 0.3) is 5.92 Å². The van der Waals surface area contributed by atoms with Crippen molar-refractivity contribution in [2.75, 3.05) is 6.26 Å². The molecule has 136 valence electrons. The Bertz CT molecular complexity index is 1040. The molecular formula is C18H14F3NO3S. The number of sulfone groups is 1. The van der Waals surface area contributed by atoms with Gasteiger partial charge in [0, 0.05) is 30.2 Å². The maximum absolute atomic E-state index is 14.2. The smallest absolute Gasteiger partial charge is 0.258 e. The lowest BCUT2D eigenvalue weighted by molar-refractivity contribution is -0.0104. The number of ether oxygens (including phenoxy) is 1. The molecule has 0 fully saturated rings. The highest BCUT2D eigenvalue weighted by Gasteiger charge is 2.48.